The average Bonchev–Trinajstić information content (AvgIpc) is 4.04. The highest BCUT2D eigenvalue weighted by Crippen LogP contribution is 2.46. The number of rotatable bonds is 3. The maximum Gasteiger partial charge on any atom is 0.212 e. The third kappa shape index (κ3) is 4.32. The van der Waals surface area contributed by atoms with Crippen molar-refractivity contribution in [1.29, 1.82) is 5.26 Å². The van der Waals surface area contributed by atoms with Gasteiger partial charge in [0, 0.05) is 58.2 Å². The molecule has 60 heavy (non-hydrogen) atoms. The predicted octanol–water partition coefficient (Wildman–Crippen LogP) is 14.9. The number of aromatic nitrogens is 3. The van der Waals surface area contributed by atoms with Crippen molar-refractivity contribution in [2.75, 3.05) is 0 Å². The van der Waals surface area contributed by atoms with Crippen molar-refractivity contribution in [3.63, 3.8) is 0 Å². The Labute approximate surface area is 346 Å². The fourth-order valence-electron chi connectivity index (χ4n) is 10.0. The van der Waals surface area contributed by atoms with E-state index in [4.69, 9.17) is 6.57 Å². The molecule has 0 amide bonds. The van der Waals surface area contributed by atoms with E-state index in [2.05, 4.69) is 182 Å². The zero-order valence-corrected chi connectivity index (χ0v) is 32.7. The van der Waals surface area contributed by atoms with Gasteiger partial charge in [-0.1, -0.05) is 109 Å². The van der Waals surface area contributed by atoms with Gasteiger partial charge >= 0.3 is 0 Å². The molecule has 9 aromatic carbocycles. The summed E-state index contributed by atoms with van der Waals surface area (Å²) in [5, 5.41) is 22.7. The molecule has 0 aliphatic rings. The summed E-state index contributed by atoms with van der Waals surface area (Å²) in [7, 11) is 0. The molecule has 0 fully saturated rings. The number of hydrogen-bond donors (Lipinski definition) is 0. The summed E-state index contributed by atoms with van der Waals surface area (Å²) >= 11 is 1.78. The first-order chi connectivity index (χ1) is 29.7. The van der Waals surface area contributed by atoms with Gasteiger partial charge < -0.3 is 13.7 Å². The van der Waals surface area contributed by atoms with Gasteiger partial charge in [-0.15, -0.1) is 11.3 Å². The number of para-hydroxylation sites is 3. The van der Waals surface area contributed by atoms with Gasteiger partial charge in [-0.3, -0.25) is 0 Å². The maximum absolute atomic E-state index is 11.2. The van der Waals surface area contributed by atoms with Gasteiger partial charge in [0.1, 0.15) is 6.07 Å². The number of hydrogen-bond acceptors (Lipinski definition) is 2. The van der Waals surface area contributed by atoms with Crippen molar-refractivity contribution >= 4 is 113 Å². The minimum absolute atomic E-state index is 0.471. The van der Waals surface area contributed by atoms with Crippen LogP contribution in [0.3, 0.4) is 0 Å². The normalized spacial score (nSPS) is 12.0. The van der Waals surface area contributed by atoms with Crippen LogP contribution in [0.5, 0.6) is 0 Å². The van der Waals surface area contributed by atoms with Crippen LogP contribution in [0.4, 0.5) is 5.69 Å². The summed E-state index contributed by atoms with van der Waals surface area (Å²) in [4.78, 5) is 4.22. The van der Waals surface area contributed by atoms with Crippen molar-refractivity contribution in [3.8, 4) is 23.1 Å². The quantitative estimate of drug-likeness (QED) is 0.165. The molecule has 13 rings (SSSR count). The van der Waals surface area contributed by atoms with Gasteiger partial charge in [0.2, 0.25) is 5.69 Å². The van der Waals surface area contributed by atoms with E-state index in [0.717, 1.165) is 76.5 Å². The SMILES string of the molecule is [C-]#[N+]c1cc(-n2c3ccc(-n4c5ccccc5c5ccccc54)cc3c3ccc4sc5ccccc5c4c32)c(C#N)cc1-n1c2ccccc2c2c3ccccc3ccc21. The van der Waals surface area contributed by atoms with Crippen LogP contribution in [-0.2, 0) is 0 Å². The molecular weight excluding hydrogens is 751 g/mol. The topological polar surface area (TPSA) is 42.9 Å². The second kappa shape index (κ2) is 12.2. The Bertz CT molecular complexity index is 4050. The Morgan fingerprint density at radius 3 is 1.83 bits per heavy atom. The molecule has 0 bridgehead atoms. The van der Waals surface area contributed by atoms with Crippen LogP contribution in [0.25, 0.3) is 118 Å². The Balaban J connectivity index is 1.14. The standard InChI is InChI=1S/C54H29N5S/c1-56-42-30-48(33(31-55)28-49(42)58-45-20-10-6-16-39(45)52-35-13-3-2-12-32(35)22-25-47(52)58)59-46-26-23-34(57-43-18-8-4-14-36(43)37-15-5-9-19-44(37)57)29-41(46)38-24-27-51-53(54(38)59)40-17-7-11-21-50(40)60-51/h2-30H. The highest BCUT2D eigenvalue weighted by atomic mass is 32.1. The summed E-state index contributed by atoms with van der Waals surface area (Å²) in [6.07, 6.45) is 0. The van der Waals surface area contributed by atoms with Crippen molar-refractivity contribution < 1.29 is 0 Å². The van der Waals surface area contributed by atoms with Crippen LogP contribution >= 0.6 is 11.3 Å². The van der Waals surface area contributed by atoms with E-state index >= 15 is 0 Å². The van der Waals surface area contributed by atoms with Gasteiger partial charge in [0.25, 0.3) is 0 Å². The zero-order valence-electron chi connectivity index (χ0n) is 31.9. The Morgan fingerprint density at radius 2 is 1.08 bits per heavy atom. The number of nitrogens with zero attached hydrogens (tertiary/aromatic N) is 5. The molecule has 0 radical (unpaired) electrons. The van der Waals surface area contributed by atoms with Gasteiger partial charge in [0.15, 0.2) is 0 Å². The molecule has 0 atom stereocenters. The Kier molecular flexibility index (Phi) is 6.67. The van der Waals surface area contributed by atoms with E-state index in [0.29, 0.717) is 22.6 Å². The van der Waals surface area contributed by atoms with Crippen LogP contribution in [0.1, 0.15) is 5.56 Å². The van der Waals surface area contributed by atoms with Crippen LogP contribution < -0.4 is 0 Å². The van der Waals surface area contributed by atoms with Gasteiger partial charge in [-0.05, 0) is 77.5 Å². The van der Waals surface area contributed by atoms with Crippen LogP contribution in [-0.4, -0.2) is 13.7 Å². The zero-order chi connectivity index (χ0) is 39.6. The lowest BCUT2D eigenvalue weighted by atomic mass is 10.0. The molecule has 13 aromatic rings. The van der Waals surface area contributed by atoms with E-state index in [-0.39, 0.29) is 0 Å². The molecule has 0 N–H and O–H groups in total. The van der Waals surface area contributed by atoms with Crippen molar-refractivity contribution in [3.05, 3.63) is 193 Å². The van der Waals surface area contributed by atoms with Crippen molar-refractivity contribution in [2.45, 2.75) is 0 Å². The minimum atomic E-state index is 0.471. The molecule has 276 valence electrons. The first-order valence-corrected chi connectivity index (χ1v) is 20.8. The third-order valence-electron chi connectivity index (χ3n) is 12.5. The second-order valence-corrected chi connectivity index (χ2v) is 16.5. The molecule has 4 heterocycles. The summed E-state index contributed by atoms with van der Waals surface area (Å²) in [6.45, 7) is 8.68. The van der Waals surface area contributed by atoms with Crippen molar-refractivity contribution in [2.24, 2.45) is 0 Å². The van der Waals surface area contributed by atoms with E-state index in [1.165, 1.54) is 25.6 Å². The molecule has 0 unspecified atom stereocenters. The molecule has 5 nitrogen and oxygen atoms in total. The number of fused-ring (bicyclic) bond motifs is 15. The third-order valence-corrected chi connectivity index (χ3v) is 13.6. The smallest absolute Gasteiger partial charge is 0.212 e. The molecule has 0 aliphatic carbocycles. The summed E-state index contributed by atoms with van der Waals surface area (Å²) in [6, 6.07) is 64.5. The summed E-state index contributed by atoms with van der Waals surface area (Å²) in [5.41, 5.74) is 9.69. The molecular formula is C54H29N5S. The second-order valence-electron chi connectivity index (χ2n) is 15.5. The van der Waals surface area contributed by atoms with Gasteiger partial charge in [-0.25, -0.2) is 4.85 Å². The Morgan fingerprint density at radius 1 is 0.450 bits per heavy atom. The molecule has 4 aromatic heterocycles. The van der Waals surface area contributed by atoms with E-state index in [1.807, 2.05) is 18.2 Å². The Hall–Kier alpha value is -8.16. The maximum atomic E-state index is 11.2. The first kappa shape index (κ1) is 32.9. The molecule has 6 heteroatoms. The van der Waals surface area contributed by atoms with Crippen LogP contribution in [0.2, 0.25) is 0 Å². The highest BCUT2D eigenvalue weighted by Gasteiger charge is 2.24. The molecule has 0 saturated heterocycles. The number of nitriles is 1. The van der Waals surface area contributed by atoms with Gasteiger partial charge in [0.05, 0.1) is 56.6 Å². The predicted molar refractivity (Wildman–Crippen MR) is 251 cm³/mol. The largest absolute Gasteiger partial charge is 0.319 e. The fourth-order valence-corrected chi connectivity index (χ4v) is 11.1. The van der Waals surface area contributed by atoms with Crippen LogP contribution in [0.15, 0.2) is 176 Å². The lowest BCUT2D eigenvalue weighted by Gasteiger charge is -2.16. The molecule has 0 saturated carbocycles. The monoisotopic (exact) mass is 779 g/mol. The van der Waals surface area contributed by atoms with E-state index < -0.39 is 0 Å². The average molecular weight is 780 g/mol. The first-order valence-electron chi connectivity index (χ1n) is 19.9. The highest BCUT2D eigenvalue weighted by molar-refractivity contribution is 7.26. The molecule has 0 spiro atoms. The molecule has 0 aliphatic heterocycles. The number of thiophene rings is 1. The summed E-state index contributed by atoms with van der Waals surface area (Å²) < 4.78 is 9.16. The van der Waals surface area contributed by atoms with Crippen molar-refractivity contribution in [1.82, 2.24) is 13.7 Å². The lowest BCUT2D eigenvalue weighted by Crippen LogP contribution is -2.02. The van der Waals surface area contributed by atoms with Crippen LogP contribution in [0, 0.1) is 17.9 Å². The van der Waals surface area contributed by atoms with Gasteiger partial charge in [-0.2, -0.15) is 5.26 Å². The number of benzene rings is 9. The lowest BCUT2D eigenvalue weighted by molar-refractivity contribution is 1.14. The van der Waals surface area contributed by atoms with E-state index in [9.17, 15) is 5.26 Å². The minimum Gasteiger partial charge on any atom is -0.319 e. The summed E-state index contributed by atoms with van der Waals surface area (Å²) in [5.74, 6) is 0. The van der Waals surface area contributed by atoms with E-state index in [1.54, 1.807) is 11.3 Å². The fraction of sp³-hybridized carbons (Fsp3) is 0.